The first-order valence-corrected chi connectivity index (χ1v) is 11.1. The molecule has 0 heterocycles. The van der Waals surface area contributed by atoms with Crippen molar-refractivity contribution in [2.45, 2.75) is 20.8 Å². The number of aryl methyl sites for hydroxylation is 2. The van der Waals surface area contributed by atoms with Crippen LogP contribution in [0.3, 0.4) is 0 Å². The van der Waals surface area contributed by atoms with Crippen LogP contribution in [-0.2, 0) is 9.59 Å². The summed E-state index contributed by atoms with van der Waals surface area (Å²) >= 11 is 0. The Morgan fingerprint density at radius 2 is 1.46 bits per heavy atom. The maximum absolute atomic E-state index is 12.6. The van der Waals surface area contributed by atoms with Crippen LogP contribution in [0.4, 0.5) is 11.4 Å². The summed E-state index contributed by atoms with van der Waals surface area (Å²) in [5, 5.41) is 15.0. The predicted molar refractivity (Wildman–Crippen MR) is 136 cm³/mol. The van der Waals surface area contributed by atoms with Gasteiger partial charge in [0.25, 0.3) is 11.8 Å². The average Bonchev–Trinajstić information content (AvgIpc) is 2.85. The predicted octanol–water partition coefficient (Wildman–Crippen LogP) is 5.27. The van der Waals surface area contributed by atoms with Crippen LogP contribution in [0.2, 0.25) is 0 Å². The molecule has 0 aliphatic rings. The number of anilines is 2. The summed E-state index contributed by atoms with van der Waals surface area (Å²) < 4.78 is 11.3. The Hall–Kier alpha value is -4.57. The fourth-order valence-electron chi connectivity index (χ4n) is 3.13. The Morgan fingerprint density at radius 1 is 0.857 bits per heavy atom. The number of hydrogen-bond acceptors (Lipinski definition) is 5. The van der Waals surface area contributed by atoms with Gasteiger partial charge < -0.3 is 20.1 Å². The minimum absolute atomic E-state index is 0.0563. The summed E-state index contributed by atoms with van der Waals surface area (Å²) in [5.41, 5.74) is 3.98. The van der Waals surface area contributed by atoms with E-state index in [-0.39, 0.29) is 18.1 Å². The van der Waals surface area contributed by atoms with Gasteiger partial charge >= 0.3 is 0 Å². The number of benzene rings is 3. The Labute approximate surface area is 205 Å². The maximum atomic E-state index is 12.6. The van der Waals surface area contributed by atoms with Gasteiger partial charge in [-0.2, -0.15) is 5.26 Å². The van der Waals surface area contributed by atoms with Gasteiger partial charge in [0.15, 0.2) is 18.1 Å². The van der Waals surface area contributed by atoms with E-state index in [1.807, 2.05) is 63.2 Å². The van der Waals surface area contributed by atoms with Gasteiger partial charge in [-0.15, -0.1) is 0 Å². The van der Waals surface area contributed by atoms with E-state index in [0.717, 1.165) is 11.1 Å². The molecule has 7 heteroatoms. The molecular weight excluding hydrogens is 442 g/mol. The molecule has 178 valence electrons. The highest BCUT2D eigenvalue weighted by Crippen LogP contribution is 2.29. The summed E-state index contributed by atoms with van der Waals surface area (Å²) in [4.78, 5) is 24.8. The van der Waals surface area contributed by atoms with E-state index in [1.165, 1.54) is 6.08 Å². The van der Waals surface area contributed by atoms with E-state index in [0.29, 0.717) is 35.0 Å². The SMILES string of the molecule is CCOc1cc(/C=C(/C#N)C(=O)Nc2ccc(C)cc2)ccc1OCC(=O)Nc1ccc(C)cc1. The first-order valence-electron chi connectivity index (χ1n) is 11.1. The topological polar surface area (TPSA) is 100 Å². The van der Waals surface area contributed by atoms with Crippen molar-refractivity contribution in [1.82, 2.24) is 0 Å². The molecular formula is C28H27N3O4. The zero-order chi connectivity index (χ0) is 25.2. The zero-order valence-electron chi connectivity index (χ0n) is 19.9. The lowest BCUT2D eigenvalue weighted by Gasteiger charge is -2.13. The fraction of sp³-hybridized carbons (Fsp3) is 0.179. The Bertz CT molecular complexity index is 1260. The van der Waals surface area contributed by atoms with Crippen LogP contribution in [0, 0.1) is 25.2 Å². The van der Waals surface area contributed by atoms with Gasteiger partial charge in [-0.3, -0.25) is 9.59 Å². The zero-order valence-corrected chi connectivity index (χ0v) is 19.9. The van der Waals surface area contributed by atoms with E-state index in [4.69, 9.17) is 9.47 Å². The molecule has 0 aliphatic carbocycles. The average molecular weight is 470 g/mol. The third-order valence-corrected chi connectivity index (χ3v) is 4.95. The third kappa shape index (κ3) is 7.47. The van der Waals surface area contributed by atoms with Gasteiger partial charge in [0.1, 0.15) is 11.6 Å². The number of amides is 2. The summed E-state index contributed by atoms with van der Waals surface area (Å²) in [6.07, 6.45) is 1.47. The molecule has 0 aliphatic heterocycles. The molecule has 2 amide bonds. The molecule has 0 atom stereocenters. The van der Waals surface area contributed by atoms with Crippen LogP contribution >= 0.6 is 0 Å². The lowest BCUT2D eigenvalue weighted by Crippen LogP contribution is -2.20. The number of rotatable bonds is 9. The summed E-state index contributed by atoms with van der Waals surface area (Å²) in [6, 6.07) is 21.7. The summed E-state index contributed by atoms with van der Waals surface area (Å²) in [6.45, 7) is 5.92. The van der Waals surface area contributed by atoms with Crippen molar-refractivity contribution >= 4 is 29.3 Å². The molecule has 0 saturated heterocycles. The minimum atomic E-state index is -0.512. The number of nitriles is 1. The van der Waals surface area contributed by atoms with E-state index in [1.54, 1.807) is 30.3 Å². The van der Waals surface area contributed by atoms with Crippen molar-refractivity contribution in [1.29, 1.82) is 5.26 Å². The smallest absolute Gasteiger partial charge is 0.266 e. The van der Waals surface area contributed by atoms with Gasteiger partial charge in [0.05, 0.1) is 6.61 Å². The first kappa shape index (κ1) is 25.1. The van der Waals surface area contributed by atoms with Gasteiger partial charge in [0.2, 0.25) is 0 Å². The molecule has 0 spiro atoms. The number of nitrogens with zero attached hydrogens (tertiary/aromatic N) is 1. The second kappa shape index (κ2) is 12.1. The molecule has 35 heavy (non-hydrogen) atoms. The largest absolute Gasteiger partial charge is 0.490 e. The maximum Gasteiger partial charge on any atom is 0.266 e. The third-order valence-electron chi connectivity index (χ3n) is 4.95. The van der Waals surface area contributed by atoms with Gasteiger partial charge in [-0.1, -0.05) is 41.5 Å². The second-order valence-electron chi connectivity index (χ2n) is 7.83. The van der Waals surface area contributed by atoms with Crippen molar-refractivity contribution in [3.63, 3.8) is 0 Å². The molecule has 0 unspecified atom stereocenters. The van der Waals surface area contributed by atoms with Crippen molar-refractivity contribution in [3.05, 3.63) is 89.0 Å². The highest BCUT2D eigenvalue weighted by molar-refractivity contribution is 6.09. The lowest BCUT2D eigenvalue weighted by molar-refractivity contribution is -0.118. The Kier molecular flexibility index (Phi) is 8.63. The lowest BCUT2D eigenvalue weighted by atomic mass is 10.1. The number of hydrogen-bond donors (Lipinski definition) is 2. The van der Waals surface area contributed by atoms with Crippen LogP contribution in [0.15, 0.2) is 72.3 Å². The second-order valence-corrected chi connectivity index (χ2v) is 7.83. The summed E-state index contributed by atoms with van der Waals surface area (Å²) in [5.74, 6) is -0.0338. The van der Waals surface area contributed by atoms with E-state index in [2.05, 4.69) is 10.6 Å². The normalized spacial score (nSPS) is 10.7. The van der Waals surface area contributed by atoms with Gasteiger partial charge in [-0.05, 0) is 68.8 Å². The number of nitrogens with one attached hydrogen (secondary N) is 2. The highest BCUT2D eigenvalue weighted by atomic mass is 16.5. The van der Waals surface area contributed by atoms with Gasteiger partial charge in [-0.25, -0.2) is 0 Å². The number of carbonyl (C=O) groups is 2. The Morgan fingerprint density at radius 3 is 2.03 bits per heavy atom. The highest BCUT2D eigenvalue weighted by Gasteiger charge is 2.13. The van der Waals surface area contributed by atoms with Crippen molar-refractivity contribution < 1.29 is 19.1 Å². The molecule has 0 saturated carbocycles. The number of ether oxygens (including phenoxy) is 2. The molecule has 0 aromatic heterocycles. The van der Waals surface area contributed by atoms with Crippen molar-refractivity contribution in [2.75, 3.05) is 23.8 Å². The van der Waals surface area contributed by atoms with Crippen LogP contribution in [0.5, 0.6) is 11.5 Å². The molecule has 7 nitrogen and oxygen atoms in total. The van der Waals surface area contributed by atoms with Crippen LogP contribution in [0.1, 0.15) is 23.6 Å². The number of carbonyl (C=O) groups excluding carboxylic acids is 2. The molecule has 3 aromatic carbocycles. The van der Waals surface area contributed by atoms with E-state index >= 15 is 0 Å². The standard InChI is InChI=1S/C28H27N3O4/c1-4-34-26-16-21(15-22(17-29)28(33)31-24-12-7-20(3)8-13-24)9-14-25(26)35-18-27(32)30-23-10-5-19(2)6-11-23/h5-16H,4,18H2,1-3H3,(H,30,32)(H,31,33)/b22-15-. The molecule has 3 rings (SSSR count). The van der Waals surface area contributed by atoms with Crippen molar-refractivity contribution in [3.8, 4) is 17.6 Å². The molecule has 3 aromatic rings. The van der Waals surface area contributed by atoms with E-state index < -0.39 is 5.91 Å². The van der Waals surface area contributed by atoms with Crippen LogP contribution in [-0.4, -0.2) is 25.0 Å². The van der Waals surface area contributed by atoms with Gasteiger partial charge in [0, 0.05) is 11.4 Å². The minimum Gasteiger partial charge on any atom is -0.490 e. The monoisotopic (exact) mass is 469 g/mol. The first-order chi connectivity index (χ1) is 16.9. The molecule has 0 radical (unpaired) electrons. The fourth-order valence-corrected chi connectivity index (χ4v) is 3.13. The molecule has 0 bridgehead atoms. The van der Waals surface area contributed by atoms with Crippen LogP contribution < -0.4 is 20.1 Å². The van der Waals surface area contributed by atoms with Crippen LogP contribution in [0.25, 0.3) is 6.08 Å². The molecule has 2 N–H and O–H groups in total. The quantitative estimate of drug-likeness (QED) is 0.329. The molecule has 0 fully saturated rings. The van der Waals surface area contributed by atoms with E-state index in [9.17, 15) is 14.9 Å². The van der Waals surface area contributed by atoms with Crippen molar-refractivity contribution in [2.24, 2.45) is 0 Å². The Balaban J connectivity index is 1.69. The summed E-state index contributed by atoms with van der Waals surface area (Å²) in [7, 11) is 0.